The number of methoxy groups -OCH3 is 1. The first-order valence-corrected chi connectivity index (χ1v) is 7.02. The molecule has 1 aliphatic rings. The summed E-state index contributed by atoms with van der Waals surface area (Å²) in [7, 11) is 1.63. The average Bonchev–Trinajstić information content (AvgIpc) is 2.38. The van der Waals surface area contributed by atoms with Crippen LogP contribution in [0.3, 0.4) is 0 Å². The molecule has 0 radical (unpaired) electrons. The number of ether oxygens (including phenoxy) is 2. The number of aliphatic hydroxyl groups is 1. The standard InChI is InChI=1S/C14H19BrO3/c1-9-8-18-6-5-11(9)14(16)12-7-10(15)3-4-13(12)17-2/h3-4,7,9,11,14,16H,5-6,8H2,1-2H3. The van der Waals surface area contributed by atoms with Gasteiger partial charge in [-0.05, 0) is 36.5 Å². The van der Waals surface area contributed by atoms with Crippen molar-refractivity contribution in [3.8, 4) is 5.75 Å². The van der Waals surface area contributed by atoms with Gasteiger partial charge in [0.2, 0.25) is 0 Å². The maximum atomic E-state index is 10.6. The minimum Gasteiger partial charge on any atom is -0.496 e. The second kappa shape index (κ2) is 6.04. The molecular weight excluding hydrogens is 296 g/mol. The van der Waals surface area contributed by atoms with Crippen LogP contribution in [0.2, 0.25) is 0 Å². The first-order valence-electron chi connectivity index (χ1n) is 6.22. The maximum absolute atomic E-state index is 10.6. The number of hydrogen-bond donors (Lipinski definition) is 1. The van der Waals surface area contributed by atoms with Gasteiger partial charge in [-0.25, -0.2) is 0 Å². The quantitative estimate of drug-likeness (QED) is 0.931. The summed E-state index contributed by atoms with van der Waals surface area (Å²) in [6, 6.07) is 5.74. The summed E-state index contributed by atoms with van der Waals surface area (Å²) in [5.41, 5.74) is 0.852. The Bertz CT molecular complexity index is 408. The lowest BCUT2D eigenvalue weighted by molar-refractivity contribution is -0.0316. The average molecular weight is 315 g/mol. The van der Waals surface area contributed by atoms with Crippen molar-refractivity contribution in [3.63, 3.8) is 0 Å². The lowest BCUT2D eigenvalue weighted by atomic mass is 9.82. The van der Waals surface area contributed by atoms with Gasteiger partial charge in [-0.3, -0.25) is 0 Å². The van der Waals surface area contributed by atoms with Gasteiger partial charge in [0.05, 0.1) is 13.2 Å². The van der Waals surface area contributed by atoms with Gasteiger partial charge < -0.3 is 14.6 Å². The highest BCUT2D eigenvalue weighted by molar-refractivity contribution is 9.10. The predicted octanol–water partition coefficient (Wildman–Crippen LogP) is 3.16. The van der Waals surface area contributed by atoms with Crippen molar-refractivity contribution in [2.75, 3.05) is 20.3 Å². The van der Waals surface area contributed by atoms with Crippen molar-refractivity contribution in [2.45, 2.75) is 19.4 Å². The molecule has 1 saturated heterocycles. The Morgan fingerprint density at radius 2 is 2.28 bits per heavy atom. The zero-order valence-electron chi connectivity index (χ0n) is 10.7. The van der Waals surface area contributed by atoms with Crippen molar-refractivity contribution in [2.24, 2.45) is 11.8 Å². The Hall–Kier alpha value is -0.580. The molecule has 0 amide bonds. The van der Waals surface area contributed by atoms with Gasteiger partial charge in [-0.2, -0.15) is 0 Å². The van der Waals surface area contributed by atoms with Gasteiger partial charge in [0.25, 0.3) is 0 Å². The van der Waals surface area contributed by atoms with E-state index < -0.39 is 6.10 Å². The van der Waals surface area contributed by atoms with Crippen molar-refractivity contribution in [1.82, 2.24) is 0 Å². The van der Waals surface area contributed by atoms with Crippen LogP contribution in [-0.2, 0) is 4.74 Å². The molecule has 2 rings (SSSR count). The SMILES string of the molecule is COc1ccc(Br)cc1C(O)C1CCOCC1C. The van der Waals surface area contributed by atoms with E-state index in [4.69, 9.17) is 9.47 Å². The largest absolute Gasteiger partial charge is 0.496 e. The lowest BCUT2D eigenvalue weighted by Crippen LogP contribution is -2.30. The summed E-state index contributed by atoms with van der Waals surface area (Å²) in [6.45, 7) is 3.57. The van der Waals surface area contributed by atoms with Gasteiger partial charge in [0.1, 0.15) is 5.75 Å². The van der Waals surface area contributed by atoms with Gasteiger partial charge in [-0.1, -0.05) is 22.9 Å². The molecule has 18 heavy (non-hydrogen) atoms. The molecule has 100 valence electrons. The number of benzene rings is 1. The zero-order valence-corrected chi connectivity index (χ0v) is 12.3. The summed E-state index contributed by atoms with van der Waals surface area (Å²) in [6.07, 6.45) is 0.384. The van der Waals surface area contributed by atoms with Crippen LogP contribution in [0.5, 0.6) is 5.75 Å². The van der Waals surface area contributed by atoms with E-state index in [0.29, 0.717) is 5.92 Å². The molecule has 1 aromatic rings. The second-order valence-electron chi connectivity index (χ2n) is 4.84. The Morgan fingerprint density at radius 3 is 2.94 bits per heavy atom. The van der Waals surface area contributed by atoms with Gasteiger partial charge in [-0.15, -0.1) is 0 Å². The molecule has 0 aromatic heterocycles. The molecular formula is C14H19BrO3. The van der Waals surface area contributed by atoms with E-state index in [1.807, 2.05) is 18.2 Å². The van der Waals surface area contributed by atoms with Crippen LogP contribution in [-0.4, -0.2) is 25.4 Å². The lowest BCUT2D eigenvalue weighted by Gasteiger charge is -2.33. The third kappa shape index (κ3) is 2.87. The molecule has 4 heteroatoms. The normalized spacial score (nSPS) is 25.8. The first-order chi connectivity index (χ1) is 8.63. The fourth-order valence-electron chi connectivity index (χ4n) is 2.53. The summed E-state index contributed by atoms with van der Waals surface area (Å²) >= 11 is 3.44. The van der Waals surface area contributed by atoms with Crippen LogP contribution < -0.4 is 4.74 Å². The van der Waals surface area contributed by atoms with E-state index in [-0.39, 0.29) is 5.92 Å². The van der Waals surface area contributed by atoms with Crippen molar-refractivity contribution >= 4 is 15.9 Å². The summed E-state index contributed by atoms with van der Waals surface area (Å²) < 4.78 is 11.7. The van der Waals surface area contributed by atoms with Crippen LogP contribution in [0.15, 0.2) is 22.7 Å². The third-order valence-electron chi connectivity index (χ3n) is 3.62. The molecule has 1 N–H and O–H groups in total. The van der Waals surface area contributed by atoms with Crippen LogP contribution in [0, 0.1) is 11.8 Å². The van der Waals surface area contributed by atoms with E-state index in [1.165, 1.54) is 0 Å². The van der Waals surface area contributed by atoms with Crippen molar-refractivity contribution in [1.29, 1.82) is 0 Å². The molecule has 3 unspecified atom stereocenters. The Morgan fingerprint density at radius 1 is 1.50 bits per heavy atom. The molecule has 1 aliphatic heterocycles. The summed E-state index contributed by atoms with van der Waals surface area (Å²) in [5, 5.41) is 10.6. The first kappa shape index (κ1) is 13.8. The second-order valence-corrected chi connectivity index (χ2v) is 5.75. The number of aliphatic hydroxyl groups excluding tert-OH is 1. The predicted molar refractivity (Wildman–Crippen MR) is 73.7 cm³/mol. The van der Waals surface area contributed by atoms with Crippen LogP contribution in [0.4, 0.5) is 0 Å². The minimum atomic E-state index is -0.503. The van der Waals surface area contributed by atoms with E-state index in [2.05, 4.69) is 22.9 Å². The van der Waals surface area contributed by atoms with Crippen LogP contribution in [0.1, 0.15) is 25.0 Å². The smallest absolute Gasteiger partial charge is 0.124 e. The van der Waals surface area contributed by atoms with Crippen molar-refractivity contribution in [3.05, 3.63) is 28.2 Å². The number of hydrogen-bond acceptors (Lipinski definition) is 3. The Kier molecular flexibility index (Phi) is 4.65. The zero-order chi connectivity index (χ0) is 13.1. The van der Waals surface area contributed by atoms with E-state index >= 15 is 0 Å². The topological polar surface area (TPSA) is 38.7 Å². The van der Waals surface area contributed by atoms with Gasteiger partial charge >= 0.3 is 0 Å². The molecule has 3 atom stereocenters. The monoisotopic (exact) mass is 314 g/mol. The molecule has 0 aliphatic carbocycles. The molecule has 1 fully saturated rings. The molecule has 0 saturated carbocycles. The number of halogens is 1. The Balaban J connectivity index is 2.26. The number of rotatable bonds is 3. The molecule has 0 spiro atoms. The molecule has 3 nitrogen and oxygen atoms in total. The molecule has 1 aromatic carbocycles. The van der Waals surface area contributed by atoms with Gasteiger partial charge in [0.15, 0.2) is 0 Å². The third-order valence-corrected chi connectivity index (χ3v) is 4.12. The fraction of sp³-hybridized carbons (Fsp3) is 0.571. The summed E-state index contributed by atoms with van der Waals surface area (Å²) in [4.78, 5) is 0. The van der Waals surface area contributed by atoms with Crippen LogP contribution >= 0.6 is 15.9 Å². The molecule has 1 heterocycles. The van der Waals surface area contributed by atoms with Gasteiger partial charge in [0, 0.05) is 23.2 Å². The van der Waals surface area contributed by atoms with E-state index in [0.717, 1.165) is 35.4 Å². The molecule has 0 bridgehead atoms. The summed E-state index contributed by atoms with van der Waals surface area (Å²) in [5.74, 6) is 1.32. The van der Waals surface area contributed by atoms with E-state index in [9.17, 15) is 5.11 Å². The Labute approximate surface area is 116 Å². The van der Waals surface area contributed by atoms with Crippen molar-refractivity contribution < 1.29 is 14.6 Å². The highest BCUT2D eigenvalue weighted by Crippen LogP contribution is 2.38. The fourth-order valence-corrected chi connectivity index (χ4v) is 2.91. The van der Waals surface area contributed by atoms with E-state index in [1.54, 1.807) is 7.11 Å². The maximum Gasteiger partial charge on any atom is 0.124 e. The highest BCUT2D eigenvalue weighted by atomic mass is 79.9. The van der Waals surface area contributed by atoms with Crippen LogP contribution in [0.25, 0.3) is 0 Å². The minimum absolute atomic E-state index is 0.224. The highest BCUT2D eigenvalue weighted by Gasteiger charge is 2.31.